The third-order valence-electron chi connectivity index (χ3n) is 4.11. The van der Waals surface area contributed by atoms with E-state index >= 15 is 0 Å². The van der Waals surface area contributed by atoms with Crippen LogP contribution in [0.5, 0.6) is 0 Å². The number of nitrogens with zero attached hydrogens (tertiary/aromatic N) is 1. The second-order valence-corrected chi connectivity index (χ2v) is 7.43. The first-order valence-corrected chi connectivity index (χ1v) is 9.91. The Morgan fingerprint density at radius 1 is 1.07 bits per heavy atom. The van der Waals surface area contributed by atoms with Crippen LogP contribution in [0.3, 0.4) is 0 Å². The minimum Gasteiger partial charge on any atom is -0.347 e. The fraction of sp³-hybridized carbons (Fsp3) is 0.190. The number of aromatic amines is 1. The van der Waals surface area contributed by atoms with Gasteiger partial charge >= 0.3 is 11.8 Å². The molecule has 0 radical (unpaired) electrons. The molecule has 0 aliphatic carbocycles. The molecule has 0 spiro atoms. The summed E-state index contributed by atoms with van der Waals surface area (Å²) >= 11 is 1.48. The Morgan fingerprint density at radius 3 is 2.64 bits per heavy atom. The quantitative estimate of drug-likeness (QED) is 0.339. The van der Waals surface area contributed by atoms with Crippen molar-refractivity contribution in [1.29, 1.82) is 0 Å². The van der Waals surface area contributed by atoms with E-state index in [1.54, 1.807) is 6.20 Å². The average molecular weight is 395 g/mol. The van der Waals surface area contributed by atoms with Gasteiger partial charge in [-0.2, -0.15) is 0 Å². The number of anilines is 1. The Kier molecular flexibility index (Phi) is 6.49. The molecule has 28 heavy (non-hydrogen) atoms. The molecule has 3 N–H and O–H groups in total. The van der Waals surface area contributed by atoms with Crippen molar-refractivity contribution in [3.8, 4) is 11.3 Å². The zero-order valence-electron chi connectivity index (χ0n) is 15.8. The number of thioether (sulfide) groups is 1. The van der Waals surface area contributed by atoms with E-state index in [0.29, 0.717) is 18.0 Å². The van der Waals surface area contributed by atoms with Gasteiger partial charge in [0.15, 0.2) is 5.16 Å². The number of hydrogen-bond donors (Lipinski definition) is 3. The number of rotatable bonds is 6. The topological polar surface area (TPSA) is 86.9 Å². The highest BCUT2D eigenvalue weighted by atomic mass is 32.2. The van der Waals surface area contributed by atoms with Gasteiger partial charge in [-0.05, 0) is 36.6 Å². The van der Waals surface area contributed by atoms with Crippen LogP contribution in [0.25, 0.3) is 11.3 Å². The summed E-state index contributed by atoms with van der Waals surface area (Å²) in [5.74, 6) is -0.710. The van der Waals surface area contributed by atoms with Crippen LogP contribution in [-0.2, 0) is 9.59 Å². The maximum Gasteiger partial charge on any atom is 0.313 e. The van der Waals surface area contributed by atoms with Gasteiger partial charge < -0.3 is 15.6 Å². The number of aryl methyl sites for hydroxylation is 2. The molecule has 1 aromatic heterocycles. The normalized spacial score (nSPS) is 10.5. The summed E-state index contributed by atoms with van der Waals surface area (Å²) in [5.41, 5.74) is 4.59. The molecular formula is C21H22N4O2S. The highest BCUT2D eigenvalue weighted by Gasteiger charge is 2.14. The van der Waals surface area contributed by atoms with Crippen LogP contribution < -0.4 is 10.6 Å². The van der Waals surface area contributed by atoms with Gasteiger partial charge in [-0.3, -0.25) is 9.59 Å². The molecule has 0 aliphatic heterocycles. The number of aromatic nitrogens is 2. The summed E-state index contributed by atoms with van der Waals surface area (Å²) in [5, 5.41) is 6.06. The molecule has 7 heteroatoms. The van der Waals surface area contributed by atoms with Crippen molar-refractivity contribution in [3.63, 3.8) is 0 Å². The van der Waals surface area contributed by atoms with Crippen LogP contribution in [0, 0.1) is 13.8 Å². The van der Waals surface area contributed by atoms with Crippen molar-refractivity contribution < 1.29 is 9.59 Å². The predicted octanol–water partition coefficient (Wildman–Crippen LogP) is 3.54. The zero-order valence-corrected chi connectivity index (χ0v) is 16.6. The Balaban J connectivity index is 1.43. The Bertz CT molecular complexity index is 970. The number of amides is 2. The van der Waals surface area contributed by atoms with Crippen molar-refractivity contribution in [3.05, 3.63) is 65.9 Å². The Hall–Kier alpha value is -3.06. The third kappa shape index (κ3) is 5.23. The van der Waals surface area contributed by atoms with E-state index in [2.05, 4.69) is 20.6 Å². The molecule has 0 aliphatic rings. The molecular weight excluding hydrogens is 372 g/mol. The zero-order chi connectivity index (χ0) is 19.9. The fourth-order valence-electron chi connectivity index (χ4n) is 2.58. The molecule has 3 aromatic rings. The summed E-state index contributed by atoms with van der Waals surface area (Å²) < 4.78 is 0. The molecule has 0 fully saturated rings. The van der Waals surface area contributed by atoms with Crippen LogP contribution in [0.15, 0.2) is 59.9 Å². The number of carbonyl (C=O) groups excluding carboxylic acids is 2. The minimum atomic E-state index is -0.664. The van der Waals surface area contributed by atoms with Crippen molar-refractivity contribution in [1.82, 2.24) is 15.3 Å². The van der Waals surface area contributed by atoms with Gasteiger partial charge in [0.1, 0.15) is 0 Å². The van der Waals surface area contributed by atoms with Crippen LogP contribution in [0.1, 0.15) is 11.1 Å². The summed E-state index contributed by atoms with van der Waals surface area (Å²) in [6.07, 6.45) is 1.79. The number of carbonyl (C=O) groups is 2. The molecule has 0 saturated carbocycles. The first-order valence-electron chi connectivity index (χ1n) is 8.92. The lowest BCUT2D eigenvalue weighted by atomic mass is 10.1. The van der Waals surface area contributed by atoms with Gasteiger partial charge in [0.25, 0.3) is 0 Å². The average Bonchev–Trinajstić information content (AvgIpc) is 3.17. The van der Waals surface area contributed by atoms with Gasteiger partial charge in [-0.15, -0.1) is 0 Å². The van der Waals surface area contributed by atoms with Crippen LogP contribution in [0.4, 0.5) is 5.69 Å². The molecule has 0 unspecified atom stereocenters. The van der Waals surface area contributed by atoms with Gasteiger partial charge in [0, 0.05) is 18.0 Å². The summed E-state index contributed by atoms with van der Waals surface area (Å²) in [7, 11) is 0. The van der Waals surface area contributed by atoms with Gasteiger partial charge in [-0.1, -0.05) is 54.2 Å². The minimum absolute atomic E-state index is 0.366. The molecule has 1 heterocycles. The van der Waals surface area contributed by atoms with E-state index in [1.807, 2.05) is 62.4 Å². The van der Waals surface area contributed by atoms with Gasteiger partial charge in [0.05, 0.1) is 11.9 Å². The van der Waals surface area contributed by atoms with Crippen LogP contribution >= 0.6 is 11.8 Å². The molecule has 6 nitrogen and oxygen atoms in total. The number of hydrogen-bond acceptors (Lipinski definition) is 4. The van der Waals surface area contributed by atoms with E-state index in [9.17, 15) is 9.59 Å². The number of H-pyrrole nitrogens is 1. The first-order chi connectivity index (χ1) is 13.5. The maximum absolute atomic E-state index is 12.1. The van der Waals surface area contributed by atoms with E-state index in [1.165, 1.54) is 11.8 Å². The highest BCUT2D eigenvalue weighted by molar-refractivity contribution is 7.99. The van der Waals surface area contributed by atoms with E-state index in [0.717, 1.165) is 27.5 Å². The second kappa shape index (κ2) is 9.23. The highest BCUT2D eigenvalue weighted by Crippen LogP contribution is 2.20. The second-order valence-electron chi connectivity index (χ2n) is 6.34. The SMILES string of the molecule is Cc1ccc(C)c(NC(=O)C(=O)NCCSc2ncc(-c3ccccc3)[nH]2)c1. The molecule has 2 aromatic carbocycles. The lowest BCUT2D eigenvalue weighted by Gasteiger charge is -2.09. The van der Waals surface area contributed by atoms with Crippen molar-refractivity contribution in [2.24, 2.45) is 0 Å². The molecule has 2 amide bonds. The molecule has 144 valence electrons. The maximum atomic E-state index is 12.1. The first kappa shape index (κ1) is 19.7. The smallest absolute Gasteiger partial charge is 0.313 e. The molecule has 0 atom stereocenters. The monoisotopic (exact) mass is 394 g/mol. The number of benzene rings is 2. The van der Waals surface area contributed by atoms with E-state index in [-0.39, 0.29) is 0 Å². The summed E-state index contributed by atoms with van der Waals surface area (Å²) in [4.78, 5) is 31.6. The summed E-state index contributed by atoms with van der Waals surface area (Å²) in [6, 6.07) is 15.6. The van der Waals surface area contributed by atoms with Crippen molar-refractivity contribution in [2.45, 2.75) is 19.0 Å². The lowest BCUT2D eigenvalue weighted by Crippen LogP contribution is -2.36. The fourth-order valence-corrected chi connectivity index (χ4v) is 3.29. The Morgan fingerprint density at radius 2 is 1.86 bits per heavy atom. The number of imidazole rings is 1. The van der Waals surface area contributed by atoms with Crippen molar-refractivity contribution >= 4 is 29.3 Å². The predicted molar refractivity (Wildman–Crippen MR) is 112 cm³/mol. The van der Waals surface area contributed by atoms with Gasteiger partial charge in [-0.25, -0.2) is 4.98 Å². The molecule has 3 rings (SSSR count). The van der Waals surface area contributed by atoms with E-state index in [4.69, 9.17) is 0 Å². The lowest BCUT2D eigenvalue weighted by molar-refractivity contribution is -0.136. The van der Waals surface area contributed by atoms with Crippen molar-refractivity contribution in [2.75, 3.05) is 17.6 Å². The Labute approximate surface area is 168 Å². The standard InChI is InChI=1S/C21H22N4O2S/c1-14-8-9-15(2)17(12-14)24-20(27)19(26)22-10-11-28-21-23-13-18(25-21)16-6-4-3-5-7-16/h3-9,12-13H,10-11H2,1-2H3,(H,22,26)(H,23,25)(H,24,27). The molecule has 0 saturated heterocycles. The summed E-state index contributed by atoms with van der Waals surface area (Å²) in [6.45, 7) is 4.19. The molecule has 0 bridgehead atoms. The van der Waals surface area contributed by atoms with Crippen LogP contribution in [-0.4, -0.2) is 34.1 Å². The largest absolute Gasteiger partial charge is 0.347 e. The third-order valence-corrected chi connectivity index (χ3v) is 5.00. The van der Waals surface area contributed by atoms with Gasteiger partial charge in [0.2, 0.25) is 0 Å². The van der Waals surface area contributed by atoms with Crippen LogP contribution in [0.2, 0.25) is 0 Å². The van der Waals surface area contributed by atoms with E-state index < -0.39 is 11.8 Å². The number of nitrogens with one attached hydrogen (secondary N) is 3.